The molecule has 2 N–H and O–H groups in total. The second kappa shape index (κ2) is 9.33. The minimum absolute atomic E-state index is 0.00874. The molecule has 0 radical (unpaired) electrons. The average molecular weight is 456 g/mol. The van der Waals surface area contributed by atoms with Crippen LogP contribution >= 0.6 is 0 Å². The third-order valence-electron chi connectivity index (χ3n) is 6.84. The first-order valence-electron chi connectivity index (χ1n) is 11.4. The summed E-state index contributed by atoms with van der Waals surface area (Å²) in [5, 5.41) is 2.91. The molecule has 0 spiro atoms. The number of likely N-dealkylation sites (tertiary alicyclic amines) is 1. The van der Waals surface area contributed by atoms with Crippen molar-refractivity contribution in [1.82, 2.24) is 9.62 Å². The highest BCUT2D eigenvalue weighted by Gasteiger charge is 2.40. The molecule has 6 nitrogen and oxygen atoms in total. The van der Waals surface area contributed by atoms with E-state index in [4.69, 9.17) is 0 Å². The lowest BCUT2D eigenvalue weighted by Crippen LogP contribution is -2.45. The maximum absolute atomic E-state index is 13.2. The van der Waals surface area contributed by atoms with Gasteiger partial charge in [-0.25, -0.2) is 13.1 Å². The van der Waals surface area contributed by atoms with Gasteiger partial charge in [-0.05, 0) is 107 Å². The van der Waals surface area contributed by atoms with Crippen LogP contribution in [0.3, 0.4) is 0 Å². The first kappa shape index (κ1) is 23.0. The Kier molecular flexibility index (Phi) is 6.70. The summed E-state index contributed by atoms with van der Waals surface area (Å²) < 4.78 is 29.5. The van der Waals surface area contributed by atoms with Gasteiger partial charge in [-0.3, -0.25) is 4.79 Å². The van der Waals surface area contributed by atoms with Gasteiger partial charge >= 0.3 is 0 Å². The predicted octanol–water partition coefficient (Wildman–Crippen LogP) is 3.95. The topological polar surface area (TPSA) is 78.5 Å². The molecule has 1 aliphatic heterocycles. The summed E-state index contributed by atoms with van der Waals surface area (Å²) in [6, 6.07) is 12.3. The van der Waals surface area contributed by atoms with Gasteiger partial charge in [-0.2, -0.15) is 0 Å². The molecular weight excluding hydrogens is 422 g/mol. The van der Waals surface area contributed by atoms with Crippen molar-refractivity contribution in [3.63, 3.8) is 0 Å². The Morgan fingerprint density at radius 3 is 2.25 bits per heavy atom. The number of hydrogen-bond donors (Lipinski definition) is 2. The van der Waals surface area contributed by atoms with Crippen molar-refractivity contribution in [1.29, 1.82) is 0 Å². The van der Waals surface area contributed by atoms with Gasteiger partial charge in [0, 0.05) is 17.3 Å². The number of hydrogen-bond acceptors (Lipinski definition) is 4. The molecule has 32 heavy (non-hydrogen) atoms. The quantitative estimate of drug-likeness (QED) is 0.663. The Morgan fingerprint density at radius 2 is 1.62 bits per heavy atom. The molecule has 172 valence electrons. The summed E-state index contributed by atoms with van der Waals surface area (Å²) in [7, 11) is -1.51. The fourth-order valence-corrected chi connectivity index (χ4v) is 6.09. The van der Waals surface area contributed by atoms with Crippen LogP contribution in [-0.4, -0.2) is 45.4 Å². The molecule has 0 bridgehead atoms. The van der Waals surface area contributed by atoms with Gasteiger partial charge in [-0.15, -0.1) is 0 Å². The monoisotopic (exact) mass is 455 g/mol. The van der Waals surface area contributed by atoms with Crippen molar-refractivity contribution in [3.05, 3.63) is 59.2 Å². The van der Waals surface area contributed by atoms with Crippen LogP contribution < -0.4 is 10.0 Å². The summed E-state index contributed by atoms with van der Waals surface area (Å²) >= 11 is 0. The van der Waals surface area contributed by atoms with Crippen LogP contribution in [0, 0.1) is 25.7 Å². The second-order valence-electron chi connectivity index (χ2n) is 9.37. The SMILES string of the molecule is Cc1cc(S(=O)(=O)N[C@H](C2CC2)C2CCN(C)CC2)ccc1NC(=O)c1ccccc1C. The molecular formula is C25H33N3O3S. The van der Waals surface area contributed by atoms with Crippen LogP contribution in [0.2, 0.25) is 0 Å². The van der Waals surface area contributed by atoms with E-state index in [1.165, 1.54) is 0 Å². The van der Waals surface area contributed by atoms with Crippen LogP contribution in [0.4, 0.5) is 5.69 Å². The zero-order valence-electron chi connectivity index (χ0n) is 19.1. The number of carbonyl (C=O) groups is 1. The molecule has 1 aliphatic carbocycles. The number of piperidine rings is 1. The van der Waals surface area contributed by atoms with E-state index in [9.17, 15) is 13.2 Å². The van der Waals surface area contributed by atoms with Gasteiger partial charge in [0.2, 0.25) is 10.0 Å². The first-order chi connectivity index (χ1) is 15.2. The lowest BCUT2D eigenvalue weighted by Gasteiger charge is -2.34. The molecule has 0 aromatic heterocycles. The van der Waals surface area contributed by atoms with E-state index in [1.807, 2.05) is 32.0 Å². The number of aryl methyl sites for hydroxylation is 2. The summed E-state index contributed by atoms with van der Waals surface area (Å²) in [6.07, 6.45) is 4.26. The number of rotatable bonds is 7. The molecule has 1 amide bonds. The number of carbonyl (C=O) groups excluding carboxylic acids is 1. The lowest BCUT2D eigenvalue weighted by molar-refractivity contribution is 0.102. The minimum Gasteiger partial charge on any atom is -0.322 e. The molecule has 2 aliphatic rings. The van der Waals surface area contributed by atoms with Crippen LogP contribution in [0.15, 0.2) is 47.4 Å². The Hall–Kier alpha value is -2.22. The standard InChI is InChI=1S/C25H33N3O3S/c1-17-6-4-5-7-22(17)25(29)26-23-11-10-21(16-18(23)2)32(30,31)27-24(19-8-9-19)20-12-14-28(3)15-13-20/h4-7,10-11,16,19-20,24,27H,8-9,12-15H2,1-3H3,(H,26,29)/t24-/m1/s1. The van der Waals surface area contributed by atoms with Gasteiger partial charge in [0.1, 0.15) is 0 Å². The average Bonchev–Trinajstić information content (AvgIpc) is 3.60. The summed E-state index contributed by atoms with van der Waals surface area (Å²) in [6.45, 7) is 5.75. The van der Waals surface area contributed by atoms with E-state index in [-0.39, 0.29) is 16.8 Å². The van der Waals surface area contributed by atoms with E-state index in [0.717, 1.165) is 49.9 Å². The normalized spacial score (nSPS) is 19.0. The van der Waals surface area contributed by atoms with Gasteiger partial charge in [0.15, 0.2) is 0 Å². The molecule has 1 heterocycles. The minimum atomic E-state index is -3.63. The van der Waals surface area contributed by atoms with E-state index in [2.05, 4.69) is 22.0 Å². The Morgan fingerprint density at radius 1 is 0.969 bits per heavy atom. The summed E-state index contributed by atoms with van der Waals surface area (Å²) in [4.78, 5) is 15.2. The van der Waals surface area contributed by atoms with E-state index in [0.29, 0.717) is 23.1 Å². The fourth-order valence-electron chi connectivity index (χ4n) is 4.63. The third-order valence-corrected chi connectivity index (χ3v) is 8.30. The number of amides is 1. The highest BCUT2D eigenvalue weighted by Crippen LogP contribution is 2.39. The maximum Gasteiger partial charge on any atom is 0.255 e. The molecule has 2 aromatic rings. The van der Waals surface area contributed by atoms with E-state index < -0.39 is 10.0 Å². The number of sulfonamides is 1. The van der Waals surface area contributed by atoms with Gasteiger partial charge in [0.05, 0.1) is 4.90 Å². The predicted molar refractivity (Wildman–Crippen MR) is 127 cm³/mol. The van der Waals surface area contributed by atoms with Crippen LogP contribution in [0.5, 0.6) is 0 Å². The van der Waals surface area contributed by atoms with Crippen molar-refractivity contribution >= 4 is 21.6 Å². The summed E-state index contributed by atoms with van der Waals surface area (Å²) in [5.74, 6) is 0.644. The van der Waals surface area contributed by atoms with Gasteiger partial charge in [0.25, 0.3) is 5.91 Å². The second-order valence-corrected chi connectivity index (χ2v) is 11.1. The first-order valence-corrected chi connectivity index (χ1v) is 12.9. The molecule has 2 fully saturated rings. The van der Waals surface area contributed by atoms with E-state index in [1.54, 1.807) is 24.3 Å². The molecule has 0 unspecified atom stereocenters. The number of anilines is 1. The van der Waals surface area contributed by atoms with Crippen LogP contribution in [0.25, 0.3) is 0 Å². The molecule has 1 atom stereocenters. The molecule has 4 rings (SSSR count). The van der Waals surface area contributed by atoms with E-state index >= 15 is 0 Å². The Labute approximate surface area is 191 Å². The van der Waals surface area contributed by atoms with Crippen LogP contribution in [-0.2, 0) is 10.0 Å². The smallest absolute Gasteiger partial charge is 0.255 e. The zero-order chi connectivity index (χ0) is 22.9. The Balaban J connectivity index is 1.48. The maximum atomic E-state index is 13.2. The van der Waals surface area contributed by atoms with Gasteiger partial charge < -0.3 is 10.2 Å². The molecule has 7 heteroatoms. The molecule has 1 saturated carbocycles. The third kappa shape index (κ3) is 5.22. The number of nitrogens with one attached hydrogen (secondary N) is 2. The largest absolute Gasteiger partial charge is 0.322 e. The molecule has 1 saturated heterocycles. The summed E-state index contributed by atoms with van der Waals surface area (Å²) in [5.41, 5.74) is 2.84. The highest BCUT2D eigenvalue weighted by molar-refractivity contribution is 7.89. The fraction of sp³-hybridized carbons (Fsp3) is 0.480. The van der Waals surface area contributed by atoms with Crippen molar-refractivity contribution < 1.29 is 13.2 Å². The number of benzene rings is 2. The molecule has 2 aromatic carbocycles. The number of nitrogens with zero attached hydrogens (tertiary/aromatic N) is 1. The van der Waals surface area contributed by atoms with Crippen molar-refractivity contribution in [2.75, 3.05) is 25.5 Å². The Bertz CT molecular complexity index is 1090. The van der Waals surface area contributed by atoms with Crippen molar-refractivity contribution in [2.45, 2.75) is 50.5 Å². The zero-order valence-corrected chi connectivity index (χ0v) is 19.9. The lowest BCUT2D eigenvalue weighted by atomic mass is 9.87. The van der Waals surface area contributed by atoms with Crippen molar-refractivity contribution in [3.8, 4) is 0 Å². The highest BCUT2D eigenvalue weighted by atomic mass is 32.2. The van der Waals surface area contributed by atoms with Crippen molar-refractivity contribution in [2.24, 2.45) is 11.8 Å². The van der Waals surface area contributed by atoms with Gasteiger partial charge in [-0.1, -0.05) is 18.2 Å². The van der Waals surface area contributed by atoms with Crippen LogP contribution in [0.1, 0.15) is 47.2 Å².